The predicted octanol–water partition coefficient (Wildman–Crippen LogP) is 0.807. The minimum Gasteiger partial charge on any atom is -0.491 e. The summed E-state index contributed by atoms with van der Waals surface area (Å²) in [5.41, 5.74) is 0.515. The van der Waals surface area contributed by atoms with Crippen molar-refractivity contribution < 1.29 is 14.2 Å². The number of anilines is 2. The van der Waals surface area contributed by atoms with Gasteiger partial charge in [0, 0.05) is 7.05 Å². The van der Waals surface area contributed by atoms with Crippen molar-refractivity contribution in [3.05, 3.63) is 18.2 Å². The molecule has 0 saturated heterocycles. The van der Waals surface area contributed by atoms with E-state index in [4.69, 9.17) is 9.84 Å². The Morgan fingerprint density at radius 3 is 2.94 bits per heavy atom. The number of aromatic hydroxyl groups is 1. The maximum atomic E-state index is 12.7. The molecule has 7 nitrogen and oxygen atoms in total. The van der Waals surface area contributed by atoms with Gasteiger partial charge in [-0.15, -0.1) is 5.10 Å². The molecule has 90 valence electrons. The van der Waals surface area contributed by atoms with E-state index in [1.165, 1.54) is 11.8 Å². The van der Waals surface area contributed by atoms with Crippen LogP contribution in [0.5, 0.6) is 11.8 Å². The summed E-state index contributed by atoms with van der Waals surface area (Å²) in [5.74, 6) is -1.20. The molecule has 0 aliphatic rings. The number of rotatable bonds is 3. The lowest BCUT2D eigenvalue weighted by Gasteiger charge is -2.03. The first-order chi connectivity index (χ1) is 8.10. The minimum absolute atomic E-state index is 0.0511. The first-order valence-electron chi connectivity index (χ1n) is 4.66. The second-order valence-corrected chi connectivity index (χ2v) is 3.22. The first kappa shape index (κ1) is 11.1. The van der Waals surface area contributed by atoms with E-state index >= 15 is 0 Å². The summed E-state index contributed by atoms with van der Waals surface area (Å²) in [4.78, 5) is 7.19. The number of hydrogen-bond acceptors (Lipinski definition) is 6. The zero-order valence-electron chi connectivity index (χ0n) is 9.18. The lowest BCUT2D eigenvalue weighted by molar-refractivity contribution is 0.393. The van der Waals surface area contributed by atoms with Gasteiger partial charge in [0.25, 0.3) is 11.8 Å². The Hall–Kier alpha value is -2.38. The molecule has 0 unspecified atom stereocenters. The smallest absolute Gasteiger partial charge is 0.256 e. The zero-order chi connectivity index (χ0) is 12.4. The van der Waals surface area contributed by atoms with Crippen LogP contribution in [0.15, 0.2) is 12.4 Å². The molecule has 2 aromatic heterocycles. The van der Waals surface area contributed by atoms with Gasteiger partial charge in [0.05, 0.1) is 19.5 Å². The van der Waals surface area contributed by atoms with Crippen LogP contribution in [-0.2, 0) is 7.05 Å². The number of nitrogens with zero attached hydrogens (tertiary/aromatic N) is 4. The van der Waals surface area contributed by atoms with Crippen molar-refractivity contribution >= 4 is 11.6 Å². The van der Waals surface area contributed by atoms with E-state index in [0.717, 1.165) is 6.20 Å². The van der Waals surface area contributed by atoms with Crippen molar-refractivity contribution in [3.8, 4) is 11.8 Å². The molecule has 0 amide bonds. The van der Waals surface area contributed by atoms with Crippen LogP contribution in [-0.4, -0.2) is 32.0 Å². The molecule has 0 aromatic carbocycles. The molecule has 2 rings (SSSR count). The molecule has 8 heteroatoms. The van der Waals surface area contributed by atoms with Crippen LogP contribution in [0.1, 0.15) is 0 Å². The van der Waals surface area contributed by atoms with Crippen molar-refractivity contribution in [1.82, 2.24) is 19.7 Å². The van der Waals surface area contributed by atoms with Gasteiger partial charge in [0.2, 0.25) is 11.8 Å². The molecule has 0 atom stereocenters. The van der Waals surface area contributed by atoms with E-state index in [-0.39, 0.29) is 5.95 Å². The van der Waals surface area contributed by atoms with Crippen molar-refractivity contribution in [1.29, 1.82) is 0 Å². The summed E-state index contributed by atoms with van der Waals surface area (Å²) in [5, 5.41) is 15.9. The first-order valence-corrected chi connectivity index (χ1v) is 4.66. The third-order valence-electron chi connectivity index (χ3n) is 1.96. The van der Waals surface area contributed by atoms with Gasteiger partial charge in [0.1, 0.15) is 5.69 Å². The van der Waals surface area contributed by atoms with Gasteiger partial charge in [0.15, 0.2) is 0 Å². The second kappa shape index (κ2) is 4.24. The number of methoxy groups -OCH3 is 1. The fraction of sp³-hybridized carbons (Fsp3) is 0.222. The Balaban J connectivity index is 2.27. The van der Waals surface area contributed by atoms with E-state index < -0.39 is 11.7 Å². The average molecular weight is 239 g/mol. The molecular formula is C9H10FN5O2. The van der Waals surface area contributed by atoms with Crippen LogP contribution in [0, 0.1) is 5.82 Å². The lowest BCUT2D eigenvalue weighted by atomic mass is 10.5. The van der Waals surface area contributed by atoms with Crippen LogP contribution in [0.3, 0.4) is 0 Å². The monoisotopic (exact) mass is 239 g/mol. The van der Waals surface area contributed by atoms with Crippen LogP contribution in [0.4, 0.5) is 16.0 Å². The SMILES string of the molecule is COc1nn(C)cc1Nc1ncc(F)c(O)n1. The molecule has 0 saturated carbocycles. The molecule has 0 fully saturated rings. The van der Waals surface area contributed by atoms with Crippen LogP contribution >= 0.6 is 0 Å². The standard InChI is InChI=1S/C9H10FN5O2/c1-15-4-6(8(14-15)17-2)12-9-11-3-5(10)7(16)13-9/h3-4H,1-2H3,(H2,11,12,13,16). The van der Waals surface area contributed by atoms with Crippen LogP contribution in [0.25, 0.3) is 0 Å². The Labute approximate surface area is 95.9 Å². The fourth-order valence-electron chi connectivity index (χ4n) is 1.24. The van der Waals surface area contributed by atoms with E-state index in [1.54, 1.807) is 13.2 Å². The minimum atomic E-state index is -0.881. The van der Waals surface area contributed by atoms with Crippen molar-refractivity contribution in [2.45, 2.75) is 0 Å². The molecular weight excluding hydrogens is 229 g/mol. The highest BCUT2D eigenvalue weighted by atomic mass is 19.1. The molecule has 2 heterocycles. The van der Waals surface area contributed by atoms with Gasteiger partial charge < -0.3 is 15.2 Å². The maximum Gasteiger partial charge on any atom is 0.256 e. The van der Waals surface area contributed by atoms with E-state index in [9.17, 15) is 4.39 Å². The van der Waals surface area contributed by atoms with E-state index in [0.29, 0.717) is 11.6 Å². The molecule has 0 radical (unpaired) electrons. The second-order valence-electron chi connectivity index (χ2n) is 3.22. The third kappa shape index (κ3) is 2.25. The van der Waals surface area contributed by atoms with E-state index in [2.05, 4.69) is 20.4 Å². The van der Waals surface area contributed by atoms with Crippen molar-refractivity contribution in [2.75, 3.05) is 12.4 Å². The summed E-state index contributed by atoms with van der Waals surface area (Å²) in [7, 11) is 3.19. The number of nitrogens with one attached hydrogen (secondary N) is 1. The van der Waals surface area contributed by atoms with Crippen molar-refractivity contribution in [2.24, 2.45) is 7.05 Å². The Bertz CT molecular complexity index is 542. The summed E-state index contributed by atoms with van der Waals surface area (Å²) in [6, 6.07) is 0. The number of hydrogen-bond donors (Lipinski definition) is 2. The normalized spacial score (nSPS) is 10.3. The van der Waals surface area contributed by atoms with Gasteiger partial charge in [-0.05, 0) is 0 Å². The largest absolute Gasteiger partial charge is 0.491 e. The predicted molar refractivity (Wildman–Crippen MR) is 56.7 cm³/mol. The van der Waals surface area contributed by atoms with Gasteiger partial charge >= 0.3 is 0 Å². The Morgan fingerprint density at radius 2 is 2.29 bits per heavy atom. The van der Waals surface area contributed by atoms with Gasteiger partial charge in [-0.25, -0.2) is 4.98 Å². The number of aromatic nitrogens is 4. The van der Waals surface area contributed by atoms with Gasteiger partial charge in [-0.1, -0.05) is 0 Å². The molecule has 0 bridgehead atoms. The summed E-state index contributed by atoms with van der Waals surface area (Å²) in [6.45, 7) is 0. The van der Waals surface area contributed by atoms with E-state index in [1.807, 2.05) is 0 Å². The lowest BCUT2D eigenvalue weighted by Crippen LogP contribution is -1.98. The Kier molecular flexibility index (Phi) is 2.77. The van der Waals surface area contributed by atoms with Crippen molar-refractivity contribution in [3.63, 3.8) is 0 Å². The summed E-state index contributed by atoms with van der Waals surface area (Å²) >= 11 is 0. The topological polar surface area (TPSA) is 85.1 Å². The van der Waals surface area contributed by atoms with Crippen LogP contribution < -0.4 is 10.1 Å². The fourth-order valence-corrected chi connectivity index (χ4v) is 1.24. The highest BCUT2D eigenvalue weighted by molar-refractivity contribution is 5.58. The van der Waals surface area contributed by atoms with Gasteiger partial charge in [-0.3, -0.25) is 4.68 Å². The highest BCUT2D eigenvalue weighted by Crippen LogP contribution is 2.24. The summed E-state index contributed by atoms with van der Waals surface area (Å²) in [6.07, 6.45) is 2.51. The molecule has 0 aliphatic carbocycles. The number of aryl methyl sites for hydroxylation is 1. The van der Waals surface area contributed by atoms with Gasteiger partial charge in [-0.2, -0.15) is 9.37 Å². The molecule has 0 spiro atoms. The Morgan fingerprint density at radius 1 is 1.53 bits per heavy atom. The summed E-state index contributed by atoms with van der Waals surface area (Å²) < 4.78 is 19.3. The highest BCUT2D eigenvalue weighted by Gasteiger charge is 2.11. The number of ether oxygens (including phenoxy) is 1. The van der Waals surface area contributed by atoms with Crippen LogP contribution in [0.2, 0.25) is 0 Å². The maximum absolute atomic E-state index is 12.7. The number of halogens is 1. The molecule has 2 N–H and O–H groups in total. The quantitative estimate of drug-likeness (QED) is 0.824. The third-order valence-corrected chi connectivity index (χ3v) is 1.96. The molecule has 2 aromatic rings. The zero-order valence-corrected chi connectivity index (χ0v) is 9.18. The average Bonchev–Trinajstić information content (AvgIpc) is 2.64. The molecule has 17 heavy (non-hydrogen) atoms. The molecule has 0 aliphatic heterocycles.